The maximum absolute atomic E-state index is 13.1. The van der Waals surface area contributed by atoms with Gasteiger partial charge in [-0.15, -0.1) is 22.9 Å². The lowest BCUT2D eigenvalue weighted by molar-refractivity contribution is 0.445. The van der Waals surface area contributed by atoms with Crippen LogP contribution in [0.1, 0.15) is 20.7 Å². The maximum atomic E-state index is 13.1. The molecule has 1 aromatic heterocycles. The summed E-state index contributed by atoms with van der Waals surface area (Å²) < 4.78 is 38.9. The van der Waals surface area contributed by atoms with Crippen LogP contribution in [0.3, 0.4) is 0 Å². The van der Waals surface area contributed by atoms with E-state index in [-0.39, 0.29) is 5.56 Å². The second-order valence-corrected chi connectivity index (χ2v) is 5.37. The predicted octanol–water partition coefficient (Wildman–Crippen LogP) is 4.80. The zero-order chi connectivity index (χ0) is 12.6. The Hall–Kier alpha value is -1.00. The molecule has 0 saturated carbocycles. The van der Waals surface area contributed by atoms with Crippen LogP contribution in [0.15, 0.2) is 24.3 Å². The van der Waals surface area contributed by atoms with E-state index in [0.29, 0.717) is 0 Å². The molecule has 0 aliphatic rings. The van der Waals surface area contributed by atoms with Gasteiger partial charge in [0.05, 0.1) is 5.38 Å². The Morgan fingerprint density at radius 2 is 1.71 bits per heavy atom. The molecule has 1 unspecified atom stereocenters. The number of thiophene rings is 1. The summed E-state index contributed by atoms with van der Waals surface area (Å²) in [6.07, 6.45) is 0. The Morgan fingerprint density at radius 1 is 1.12 bits per heavy atom. The molecule has 0 aliphatic carbocycles. The second kappa shape index (κ2) is 4.70. The van der Waals surface area contributed by atoms with Gasteiger partial charge in [-0.3, -0.25) is 0 Å². The quantitative estimate of drug-likeness (QED) is 0.546. The third kappa shape index (κ3) is 2.48. The number of benzene rings is 1. The van der Waals surface area contributed by atoms with Crippen molar-refractivity contribution in [3.05, 3.63) is 57.0 Å². The summed E-state index contributed by atoms with van der Waals surface area (Å²) in [4.78, 5) is 1.82. The topological polar surface area (TPSA) is 0 Å². The second-order valence-electron chi connectivity index (χ2n) is 3.61. The molecule has 1 aromatic carbocycles. The number of halogens is 4. The lowest BCUT2D eigenvalue weighted by Crippen LogP contribution is -1.97. The molecular weight excluding hydrogens is 269 g/mol. The lowest BCUT2D eigenvalue weighted by atomic mass is 10.1. The van der Waals surface area contributed by atoms with Crippen LogP contribution in [0.2, 0.25) is 0 Å². The SMILES string of the molecule is Cc1ccc(C(Cl)c2cc(F)c(F)c(F)c2)s1. The molecule has 0 radical (unpaired) electrons. The molecule has 2 aromatic rings. The molecule has 90 valence electrons. The van der Waals surface area contributed by atoms with Crippen LogP contribution in [0.25, 0.3) is 0 Å². The van der Waals surface area contributed by atoms with Crippen molar-refractivity contribution in [2.45, 2.75) is 12.3 Å². The number of hydrogen-bond acceptors (Lipinski definition) is 1. The fraction of sp³-hybridized carbons (Fsp3) is 0.167. The smallest absolute Gasteiger partial charge is 0.194 e. The van der Waals surface area contributed by atoms with Crippen molar-refractivity contribution < 1.29 is 13.2 Å². The Bertz CT molecular complexity index is 527. The first-order valence-electron chi connectivity index (χ1n) is 4.84. The van der Waals surface area contributed by atoms with Gasteiger partial charge in [-0.2, -0.15) is 0 Å². The average Bonchev–Trinajstić information content (AvgIpc) is 2.71. The number of alkyl halides is 1. The van der Waals surface area contributed by atoms with Gasteiger partial charge in [-0.1, -0.05) is 0 Å². The highest BCUT2D eigenvalue weighted by Crippen LogP contribution is 2.34. The first kappa shape index (κ1) is 12.5. The lowest BCUT2D eigenvalue weighted by Gasteiger charge is -2.08. The van der Waals surface area contributed by atoms with Crippen molar-refractivity contribution >= 4 is 22.9 Å². The predicted molar refractivity (Wildman–Crippen MR) is 63.1 cm³/mol. The first-order chi connectivity index (χ1) is 7.99. The van der Waals surface area contributed by atoms with E-state index in [0.717, 1.165) is 21.9 Å². The van der Waals surface area contributed by atoms with Crippen molar-refractivity contribution in [3.63, 3.8) is 0 Å². The van der Waals surface area contributed by atoms with Crippen molar-refractivity contribution in [1.82, 2.24) is 0 Å². The Balaban J connectivity index is 2.41. The van der Waals surface area contributed by atoms with Crippen molar-refractivity contribution in [1.29, 1.82) is 0 Å². The third-order valence-electron chi connectivity index (χ3n) is 2.31. The van der Waals surface area contributed by atoms with Gasteiger partial charge < -0.3 is 0 Å². The molecule has 1 atom stereocenters. The van der Waals surface area contributed by atoms with Crippen LogP contribution in [0.4, 0.5) is 13.2 Å². The zero-order valence-corrected chi connectivity index (χ0v) is 10.4. The van der Waals surface area contributed by atoms with Gasteiger partial charge in [0.15, 0.2) is 17.5 Å². The third-order valence-corrected chi connectivity index (χ3v) is 3.99. The molecule has 0 amide bonds. The number of hydrogen-bond donors (Lipinski definition) is 0. The van der Waals surface area contributed by atoms with Crippen LogP contribution in [0.5, 0.6) is 0 Å². The minimum Gasteiger partial charge on any atom is -0.204 e. The number of aryl methyl sites for hydroxylation is 1. The fourth-order valence-corrected chi connectivity index (χ4v) is 2.69. The minimum absolute atomic E-state index is 0.213. The van der Waals surface area contributed by atoms with Crippen LogP contribution in [0, 0.1) is 24.4 Å². The van der Waals surface area contributed by atoms with E-state index in [1.165, 1.54) is 11.3 Å². The van der Waals surface area contributed by atoms with Gasteiger partial charge in [0.2, 0.25) is 0 Å². The summed E-state index contributed by atoms with van der Waals surface area (Å²) in [5.74, 6) is -3.92. The molecule has 1 heterocycles. The van der Waals surface area contributed by atoms with Crippen molar-refractivity contribution in [2.75, 3.05) is 0 Å². The van der Waals surface area contributed by atoms with Gasteiger partial charge in [0.1, 0.15) is 0 Å². The average molecular weight is 277 g/mol. The standard InChI is InChI=1S/C12H8ClF3S/c1-6-2-3-10(17-6)11(13)7-4-8(14)12(16)9(15)5-7/h2-5,11H,1H3. The minimum atomic E-state index is -1.47. The summed E-state index contributed by atoms with van der Waals surface area (Å²) in [5, 5.41) is -0.668. The van der Waals surface area contributed by atoms with Crippen LogP contribution < -0.4 is 0 Å². The van der Waals surface area contributed by atoms with E-state index in [4.69, 9.17) is 11.6 Å². The Morgan fingerprint density at radius 3 is 2.18 bits per heavy atom. The maximum Gasteiger partial charge on any atom is 0.194 e. The van der Waals surface area contributed by atoms with E-state index in [1.807, 2.05) is 13.0 Å². The van der Waals surface area contributed by atoms with Gasteiger partial charge in [0, 0.05) is 9.75 Å². The van der Waals surface area contributed by atoms with Crippen LogP contribution >= 0.6 is 22.9 Å². The highest BCUT2D eigenvalue weighted by Gasteiger charge is 2.18. The highest BCUT2D eigenvalue weighted by atomic mass is 35.5. The molecule has 0 nitrogen and oxygen atoms in total. The van der Waals surface area contributed by atoms with E-state index < -0.39 is 22.8 Å². The Labute approximate surface area is 106 Å². The summed E-state index contributed by atoms with van der Waals surface area (Å²) >= 11 is 7.53. The van der Waals surface area contributed by atoms with E-state index in [2.05, 4.69) is 0 Å². The normalized spacial score (nSPS) is 12.8. The summed E-state index contributed by atoms with van der Waals surface area (Å²) in [5.41, 5.74) is 0.213. The van der Waals surface area contributed by atoms with Crippen molar-refractivity contribution in [2.24, 2.45) is 0 Å². The van der Waals surface area contributed by atoms with E-state index in [9.17, 15) is 13.2 Å². The summed E-state index contributed by atoms with van der Waals surface area (Å²) in [6.45, 7) is 1.91. The molecule has 0 spiro atoms. The molecule has 0 saturated heterocycles. The van der Waals surface area contributed by atoms with Gasteiger partial charge in [0.25, 0.3) is 0 Å². The molecule has 0 N–H and O–H groups in total. The van der Waals surface area contributed by atoms with Gasteiger partial charge in [-0.25, -0.2) is 13.2 Å². The summed E-state index contributed by atoms with van der Waals surface area (Å²) in [6, 6.07) is 5.50. The molecule has 0 aliphatic heterocycles. The van der Waals surface area contributed by atoms with Gasteiger partial charge in [-0.05, 0) is 36.8 Å². The monoisotopic (exact) mass is 276 g/mol. The number of rotatable bonds is 2. The van der Waals surface area contributed by atoms with Crippen LogP contribution in [-0.2, 0) is 0 Å². The van der Waals surface area contributed by atoms with E-state index >= 15 is 0 Å². The zero-order valence-electron chi connectivity index (χ0n) is 8.81. The molecule has 5 heteroatoms. The van der Waals surface area contributed by atoms with Crippen LogP contribution in [-0.4, -0.2) is 0 Å². The molecule has 17 heavy (non-hydrogen) atoms. The van der Waals surface area contributed by atoms with Gasteiger partial charge >= 0.3 is 0 Å². The Kier molecular flexibility index (Phi) is 3.45. The molecule has 0 fully saturated rings. The first-order valence-corrected chi connectivity index (χ1v) is 6.09. The molecule has 0 bridgehead atoms. The summed E-state index contributed by atoms with van der Waals surface area (Å²) in [7, 11) is 0. The largest absolute Gasteiger partial charge is 0.204 e. The van der Waals surface area contributed by atoms with E-state index in [1.54, 1.807) is 6.07 Å². The molecule has 2 rings (SSSR count). The van der Waals surface area contributed by atoms with Crippen molar-refractivity contribution in [3.8, 4) is 0 Å². The molecular formula is C12H8ClF3S. The highest BCUT2D eigenvalue weighted by molar-refractivity contribution is 7.12. The fourth-order valence-electron chi connectivity index (χ4n) is 1.48.